The fraction of sp³-hybridized carbons (Fsp3) is 0.250. The lowest BCUT2D eigenvalue weighted by atomic mass is 10.2. The molecule has 0 spiro atoms. The number of halogens is 1. The number of fused-ring (bicyclic) bond motifs is 1. The number of thioether (sulfide) groups is 1. The van der Waals surface area contributed by atoms with Crippen molar-refractivity contribution in [3.05, 3.63) is 63.4 Å². The van der Waals surface area contributed by atoms with E-state index in [4.69, 9.17) is 0 Å². The van der Waals surface area contributed by atoms with Crippen LogP contribution in [-0.4, -0.2) is 21.2 Å². The van der Waals surface area contributed by atoms with E-state index in [-0.39, 0.29) is 17.2 Å². The Morgan fingerprint density at radius 2 is 2.00 bits per heavy atom. The number of carbonyl (C=O) groups is 1. The second kappa shape index (κ2) is 8.71. The maximum atomic E-state index is 12.9. The molecule has 27 heavy (non-hydrogen) atoms. The van der Waals surface area contributed by atoms with Gasteiger partial charge in [-0.05, 0) is 36.2 Å². The van der Waals surface area contributed by atoms with E-state index >= 15 is 0 Å². The first kappa shape index (κ1) is 19.6. The van der Waals surface area contributed by atoms with Crippen LogP contribution in [0.25, 0.3) is 10.9 Å². The van der Waals surface area contributed by atoms with Gasteiger partial charge in [0.2, 0.25) is 5.91 Å². The summed E-state index contributed by atoms with van der Waals surface area (Å²) in [6.07, 6.45) is 0. The van der Waals surface area contributed by atoms with Gasteiger partial charge in [-0.1, -0.05) is 59.7 Å². The van der Waals surface area contributed by atoms with Crippen LogP contribution in [0, 0.1) is 5.92 Å². The molecular formula is C20H20BrN3O2S. The largest absolute Gasteiger partial charge is 0.325 e. The molecule has 3 rings (SSSR count). The van der Waals surface area contributed by atoms with Crippen LogP contribution in [0.3, 0.4) is 0 Å². The third kappa shape index (κ3) is 4.99. The monoisotopic (exact) mass is 445 g/mol. The van der Waals surface area contributed by atoms with E-state index in [1.807, 2.05) is 42.5 Å². The number of nitrogens with zero attached hydrogens (tertiary/aromatic N) is 2. The summed E-state index contributed by atoms with van der Waals surface area (Å²) in [5.74, 6) is 0.326. The molecule has 0 fully saturated rings. The Labute approximate surface area is 170 Å². The normalized spacial score (nSPS) is 11.1. The molecule has 0 saturated carbocycles. The first-order valence-electron chi connectivity index (χ1n) is 8.62. The van der Waals surface area contributed by atoms with Gasteiger partial charge in [0.1, 0.15) is 0 Å². The summed E-state index contributed by atoms with van der Waals surface area (Å²) in [4.78, 5) is 29.8. The number of rotatable bonds is 6. The summed E-state index contributed by atoms with van der Waals surface area (Å²) in [6, 6.07) is 14.7. The van der Waals surface area contributed by atoms with Crippen molar-refractivity contribution in [2.75, 3.05) is 11.1 Å². The lowest BCUT2D eigenvalue weighted by Gasteiger charge is -2.15. The fourth-order valence-corrected chi connectivity index (χ4v) is 3.89. The quantitative estimate of drug-likeness (QED) is 0.446. The van der Waals surface area contributed by atoms with Gasteiger partial charge in [-0.25, -0.2) is 4.98 Å². The number of nitrogens with one attached hydrogen (secondary N) is 1. The number of anilines is 1. The molecular weight excluding hydrogens is 426 g/mol. The van der Waals surface area contributed by atoms with Gasteiger partial charge in [0.05, 0.1) is 16.7 Å². The van der Waals surface area contributed by atoms with E-state index in [2.05, 4.69) is 40.1 Å². The topological polar surface area (TPSA) is 64.0 Å². The summed E-state index contributed by atoms with van der Waals surface area (Å²) >= 11 is 4.66. The lowest BCUT2D eigenvalue weighted by molar-refractivity contribution is -0.113. The molecule has 7 heteroatoms. The summed E-state index contributed by atoms with van der Waals surface area (Å²) in [6.45, 7) is 4.67. The number of hydrogen-bond donors (Lipinski definition) is 1. The third-order valence-electron chi connectivity index (χ3n) is 3.82. The van der Waals surface area contributed by atoms with Crippen LogP contribution in [0.4, 0.5) is 5.69 Å². The minimum absolute atomic E-state index is 0.0656. The molecule has 5 nitrogen and oxygen atoms in total. The van der Waals surface area contributed by atoms with E-state index in [1.54, 1.807) is 10.6 Å². The highest BCUT2D eigenvalue weighted by Crippen LogP contribution is 2.20. The Morgan fingerprint density at radius 1 is 1.22 bits per heavy atom. The van der Waals surface area contributed by atoms with Crippen LogP contribution in [-0.2, 0) is 11.3 Å². The molecule has 0 aliphatic heterocycles. The fourth-order valence-electron chi connectivity index (χ4n) is 2.68. The number of para-hydroxylation sites is 1. The number of amides is 1. The molecule has 0 bridgehead atoms. The van der Waals surface area contributed by atoms with Gasteiger partial charge in [-0.2, -0.15) is 0 Å². The molecule has 0 unspecified atom stereocenters. The van der Waals surface area contributed by atoms with Crippen molar-refractivity contribution in [3.8, 4) is 0 Å². The van der Waals surface area contributed by atoms with Gasteiger partial charge in [0, 0.05) is 16.7 Å². The number of benzene rings is 2. The molecule has 1 N–H and O–H groups in total. The van der Waals surface area contributed by atoms with E-state index in [1.165, 1.54) is 11.8 Å². The minimum Gasteiger partial charge on any atom is -0.325 e. The average molecular weight is 446 g/mol. The summed E-state index contributed by atoms with van der Waals surface area (Å²) in [5.41, 5.74) is 1.31. The average Bonchev–Trinajstić information content (AvgIpc) is 2.62. The predicted octanol–water partition coefficient (Wildman–Crippen LogP) is 4.55. The van der Waals surface area contributed by atoms with Gasteiger partial charge in [-0.15, -0.1) is 0 Å². The Hall–Kier alpha value is -2.12. The van der Waals surface area contributed by atoms with Crippen molar-refractivity contribution in [1.82, 2.24) is 9.55 Å². The second-order valence-electron chi connectivity index (χ2n) is 6.57. The molecule has 0 aliphatic carbocycles. The Balaban J connectivity index is 1.82. The molecule has 3 aromatic rings. The van der Waals surface area contributed by atoms with Gasteiger partial charge in [-0.3, -0.25) is 14.2 Å². The third-order valence-corrected chi connectivity index (χ3v) is 5.28. The molecule has 1 aromatic heterocycles. The zero-order valence-corrected chi connectivity index (χ0v) is 17.5. The van der Waals surface area contributed by atoms with Crippen LogP contribution >= 0.6 is 27.7 Å². The van der Waals surface area contributed by atoms with E-state index in [9.17, 15) is 9.59 Å². The van der Waals surface area contributed by atoms with E-state index in [0.29, 0.717) is 28.5 Å². The van der Waals surface area contributed by atoms with Gasteiger partial charge in [0.25, 0.3) is 5.56 Å². The maximum Gasteiger partial charge on any atom is 0.262 e. The SMILES string of the molecule is CC(C)Cn1c(SCC(=O)Nc2cccc(Br)c2)nc2ccccc2c1=O. The highest BCUT2D eigenvalue weighted by molar-refractivity contribution is 9.10. The van der Waals surface area contributed by atoms with Crippen molar-refractivity contribution >= 4 is 50.2 Å². The summed E-state index contributed by atoms with van der Waals surface area (Å²) in [5, 5.41) is 4.02. The van der Waals surface area contributed by atoms with Crippen molar-refractivity contribution in [2.45, 2.75) is 25.5 Å². The molecule has 0 aliphatic rings. The second-order valence-corrected chi connectivity index (χ2v) is 8.43. The van der Waals surface area contributed by atoms with Crippen LogP contribution in [0.5, 0.6) is 0 Å². The van der Waals surface area contributed by atoms with Crippen molar-refractivity contribution < 1.29 is 4.79 Å². The highest BCUT2D eigenvalue weighted by Gasteiger charge is 2.14. The molecule has 0 atom stereocenters. The maximum absolute atomic E-state index is 12.9. The standard InChI is InChI=1S/C20H20BrN3O2S/c1-13(2)11-24-19(26)16-8-3-4-9-17(16)23-20(24)27-12-18(25)22-15-7-5-6-14(21)10-15/h3-10,13H,11-12H2,1-2H3,(H,22,25). The molecule has 1 heterocycles. The summed E-state index contributed by atoms with van der Waals surface area (Å²) < 4.78 is 2.57. The highest BCUT2D eigenvalue weighted by atomic mass is 79.9. The zero-order chi connectivity index (χ0) is 19.4. The van der Waals surface area contributed by atoms with Crippen molar-refractivity contribution in [1.29, 1.82) is 0 Å². The van der Waals surface area contributed by atoms with E-state index < -0.39 is 0 Å². The van der Waals surface area contributed by atoms with Crippen molar-refractivity contribution in [3.63, 3.8) is 0 Å². The van der Waals surface area contributed by atoms with Crippen molar-refractivity contribution in [2.24, 2.45) is 5.92 Å². The van der Waals surface area contributed by atoms with Crippen LogP contribution in [0.15, 0.2) is 63.0 Å². The zero-order valence-electron chi connectivity index (χ0n) is 15.1. The molecule has 0 saturated heterocycles. The predicted molar refractivity (Wildman–Crippen MR) is 114 cm³/mol. The smallest absolute Gasteiger partial charge is 0.262 e. The molecule has 140 valence electrons. The summed E-state index contributed by atoms with van der Waals surface area (Å²) in [7, 11) is 0. The number of aromatic nitrogens is 2. The Kier molecular flexibility index (Phi) is 6.34. The van der Waals surface area contributed by atoms with Crippen LogP contribution < -0.4 is 10.9 Å². The van der Waals surface area contributed by atoms with Gasteiger partial charge in [0.15, 0.2) is 5.16 Å². The molecule has 2 aromatic carbocycles. The minimum atomic E-state index is -0.142. The lowest BCUT2D eigenvalue weighted by Crippen LogP contribution is -2.26. The van der Waals surface area contributed by atoms with E-state index in [0.717, 1.165) is 10.2 Å². The van der Waals surface area contributed by atoms with Crippen LogP contribution in [0.2, 0.25) is 0 Å². The number of hydrogen-bond acceptors (Lipinski definition) is 4. The Morgan fingerprint density at radius 3 is 2.74 bits per heavy atom. The Bertz CT molecular complexity index is 1030. The number of carbonyl (C=O) groups excluding carboxylic acids is 1. The molecule has 0 radical (unpaired) electrons. The first-order chi connectivity index (χ1) is 12.9. The van der Waals surface area contributed by atoms with Gasteiger partial charge >= 0.3 is 0 Å². The molecule has 1 amide bonds. The van der Waals surface area contributed by atoms with Crippen LogP contribution in [0.1, 0.15) is 13.8 Å². The first-order valence-corrected chi connectivity index (χ1v) is 10.4. The van der Waals surface area contributed by atoms with Gasteiger partial charge < -0.3 is 5.32 Å².